The molecule has 3 N–H and O–H groups in total. The zero-order valence-corrected chi connectivity index (χ0v) is 14.2. The molecule has 2 aromatic rings. The molecule has 0 fully saturated rings. The third kappa shape index (κ3) is 6.29. The highest BCUT2D eigenvalue weighted by Crippen LogP contribution is 2.09. The smallest absolute Gasteiger partial charge is 0.263 e. The van der Waals surface area contributed by atoms with Crippen LogP contribution in [0.5, 0.6) is 5.75 Å². The summed E-state index contributed by atoms with van der Waals surface area (Å²) in [5, 5.41) is 23.9. The number of amides is 1. The van der Waals surface area contributed by atoms with Gasteiger partial charge in [0.05, 0.1) is 0 Å². The van der Waals surface area contributed by atoms with E-state index >= 15 is 0 Å². The third-order valence-corrected chi connectivity index (χ3v) is 3.69. The summed E-state index contributed by atoms with van der Waals surface area (Å²) < 4.78 is 13.1. The van der Waals surface area contributed by atoms with Crippen LogP contribution in [0.15, 0.2) is 60.3 Å². The Hall–Kier alpha value is -3.33. The van der Waals surface area contributed by atoms with Crippen LogP contribution in [0.1, 0.15) is 11.1 Å². The minimum Gasteiger partial charge on any atom is -0.508 e. The molecular formula is C20H20FN3O2. The molecule has 0 aliphatic rings. The second-order valence-electron chi connectivity index (χ2n) is 5.68. The minimum absolute atomic E-state index is 0.0186. The fraction of sp³-hybridized carbons (Fsp3) is 0.200. The molecule has 134 valence electrons. The molecule has 0 unspecified atom stereocenters. The van der Waals surface area contributed by atoms with Gasteiger partial charge in [-0.1, -0.05) is 24.3 Å². The van der Waals surface area contributed by atoms with Crippen LogP contribution in [-0.2, 0) is 17.6 Å². The number of rotatable bonds is 8. The number of nitrogens with zero attached hydrogens (tertiary/aromatic N) is 1. The topological polar surface area (TPSA) is 85.2 Å². The molecule has 0 saturated heterocycles. The lowest BCUT2D eigenvalue weighted by Gasteiger charge is -2.06. The number of benzene rings is 2. The number of hydrogen-bond acceptors (Lipinski definition) is 4. The number of hydrogen-bond donors (Lipinski definition) is 3. The number of nitriles is 1. The summed E-state index contributed by atoms with van der Waals surface area (Å²) in [5.41, 5.74) is 1.79. The van der Waals surface area contributed by atoms with E-state index in [-0.39, 0.29) is 17.1 Å². The highest BCUT2D eigenvalue weighted by molar-refractivity contribution is 5.97. The molecule has 6 heteroatoms. The molecule has 2 aromatic carbocycles. The maximum absolute atomic E-state index is 13.1. The molecule has 0 spiro atoms. The lowest BCUT2D eigenvalue weighted by Crippen LogP contribution is -2.27. The Morgan fingerprint density at radius 1 is 1.12 bits per heavy atom. The maximum atomic E-state index is 13.1. The van der Waals surface area contributed by atoms with Gasteiger partial charge in [0.15, 0.2) is 0 Å². The molecule has 2 rings (SSSR count). The van der Waals surface area contributed by atoms with Gasteiger partial charge in [-0.3, -0.25) is 4.79 Å². The van der Waals surface area contributed by atoms with Crippen molar-refractivity contribution < 1.29 is 14.3 Å². The van der Waals surface area contributed by atoms with Crippen LogP contribution < -0.4 is 10.6 Å². The lowest BCUT2D eigenvalue weighted by atomic mass is 10.1. The number of halogens is 1. The van der Waals surface area contributed by atoms with Crippen LogP contribution in [0.2, 0.25) is 0 Å². The second kappa shape index (κ2) is 9.84. The van der Waals surface area contributed by atoms with Crippen molar-refractivity contribution in [1.29, 1.82) is 5.26 Å². The summed E-state index contributed by atoms with van der Waals surface area (Å²) in [6, 6.07) is 14.9. The largest absolute Gasteiger partial charge is 0.508 e. The molecule has 1 amide bonds. The molecule has 0 atom stereocenters. The Labute approximate surface area is 151 Å². The molecule has 0 heterocycles. The maximum Gasteiger partial charge on any atom is 0.263 e. The zero-order valence-electron chi connectivity index (χ0n) is 14.2. The van der Waals surface area contributed by atoms with Crippen molar-refractivity contribution in [2.75, 3.05) is 13.1 Å². The van der Waals surface area contributed by atoms with E-state index in [2.05, 4.69) is 10.6 Å². The Morgan fingerprint density at radius 3 is 2.54 bits per heavy atom. The monoisotopic (exact) mass is 353 g/mol. The summed E-state index contributed by atoms with van der Waals surface area (Å²) in [6.07, 6.45) is 2.54. The van der Waals surface area contributed by atoms with Crippen molar-refractivity contribution >= 4 is 5.91 Å². The average molecular weight is 353 g/mol. The van der Waals surface area contributed by atoms with Gasteiger partial charge < -0.3 is 15.7 Å². The van der Waals surface area contributed by atoms with Gasteiger partial charge in [-0.05, 0) is 48.2 Å². The van der Waals surface area contributed by atoms with Crippen LogP contribution in [0.4, 0.5) is 4.39 Å². The predicted molar refractivity (Wildman–Crippen MR) is 96.6 cm³/mol. The molecule has 0 aliphatic heterocycles. The van der Waals surface area contributed by atoms with Crippen LogP contribution in [-0.4, -0.2) is 24.1 Å². The fourth-order valence-corrected chi connectivity index (χ4v) is 2.31. The van der Waals surface area contributed by atoms with Crippen molar-refractivity contribution in [3.8, 4) is 11.8 Å². The molecule has 0 aromatic heterocycles. The normalized spacial score (nSPS) is 10.8. The van der Waals surface area contributed by atoms with Gasteiger partial charge in [0, 0.05) is 19.3 Å². The first-order valence-electron chi connectivity index (χ1n) is 8.22. The highest BCUT2D eigenvalue weighted by atomic mass is 19.1. The van der Waals surface area contributed by atoms with Crippen LogP contribution in [0, 0.1) is 17.1 Å². The molecule has 0 radical (unpaired) electrons. The Balaban J connectivity index is 1.75. The zero-order chi connectivity index (χ0) is 18.8. The van der Waals surface area contributed by atoms with Crippen molar-refractivity contribution in [2.24, 2.45) is 0 Å². The molecule has 0 bridgehead atoms. The number of phenols is 1. The average Bonchev–Trinajstić information content (AvgIpc) is 2.63. The van der Waals surface area contributed by atoms with Crippen molar-refractivity contribution in [2.45, 2.75) is 12.8 Å². The SMILES string of the molecule is N#C/C(=C/NCCc1cccc(F)c1)C(=O)NCCc1ccc(O)cc1. The van der Waals surface area contributed by atoms with Gasteiger partial charge in [-0.25, -0.2) is 4.39 Å². The third-order valence-electron chi connectivity index (χ3n) is 3.69. The molecular weight excluding hydrogens is 333 g/mol. The second-order valence-corrected chi connectivity index (χ2v) is 5.68. The number of nitrogens with one attached hydrogen (secondary N) is 2. The molecule has 26 heavy (non-hydrogen) atoms. The van der Waals surface area contributed by atoms with E-state index < -0.39 is 5.91 Å². The standard InChI is InChI=1S/C20H20FN3O2/c21-18-3-1-2-16(12-18)8-10-23-14-17(13-22)20(26)24-11-9-15-4-6-19(25)7-5-15/h1-7,12,14,23,25H,8-11H2,(H,24,26)/b17-14-. The van der Waals surface area contributed by atoms with E-state index in [4.69, 9.17) is 5.26 Å². The van der Waals surface area contributed by atoms with Gasteiger partial charge in [-0.2, -0.15) is 5.26 Å². The van der Waals surface area contributed by atoms with E-state index in [0.717, 1.165) is 11.1 Å². The summed E-state index contributed by atoms with van der Waals surface area (Å²) >= 11 is 0. The van der Waals surface area contributed by atoms with Crippen molar-refractivity contribution in [3.63, 3.8) is 0 Å². The first kappa shape index (κ1) is 19.0. The minimum atomic E-state index is -0.454. The Bertz CT molecular complexity index is 811. The molecule has 5 nitrogen and oxygen atoms in total. The van der Waals surface area contributed by atoms with Gasteiger partial charge >= 0.3 is 0 Å². The quantitative estimate of drug-likeness (QED) is 0.387. The fourth-order valence-electron chi connectivity index (χ4n) is 2.31. The first-order chi connectivity index (χ1) is 12.6. The highest BCUT2D eigenvalue weighted by Gasteiger charge is 2.07. The number of phenolic OH excluding ortho intramolecular Hbond substituents is 1. The van der Waals surface area contributed by atoms with E-state index in [1.807, 2.05) is 12.1 Å². The van der Waals surface area contributed by atoms with E-state index in [1.54, 1.807) is 30.3 Å². The van der Waals surface area contributed by atoms with Gasteiger partial charge in [-0.15, -0.1) is 0 Å². The van der Waals surface area contributed by atoms with E-state index in [1.165, 1.54) is 18.3 Å². The number of carbonyl (C=O) groups excluding carboxylic acids is 1. The molecule has 0 aliphatic carbocycles. The Kier molecular flexibility index (Phi) is 7.19. The van der Waals surface area contributed by atoms with Crippen LogP contribution >= 0.6 is 0 Å². The Morgan fingerprint density at radius 2 is 1.85 bits per heavy atom. The van der Waals surface area contributed by atoms with Crippen molar-refractivity contribution in [3.05, 3.63) is 77.2 Å². The summed E-state index contributed by atoms with van der Waals surface area (Å²) in [6.45, 7) is 0.862. The first-order valence-corrected chi connectivity index (χ1v) is 8.22. The summed E-state index contributed by atoms with van der Waals surface area (Å²) in [5.74, 6) is -0.551. The summed E-state index contributed by atoms with van der Waals surface area (Å²) in [4.78, 5) is 12.0. The van der Waals surface area contributed by atoms with Gasteiger partial charge in [0.2, 0.25) is 0 Å². The van der Waals surface area contributed by atoms with Crippen LogP contribution in [0.3, 0.4) is 0 Å². The van der Waals surface area contributed by atoms with Gasteiger partial charge in [0.1, 0.15) is 23.2 Å². The van der Waals surface area contributed by atoms with Crippen LogP contribution in [0.25, 0.3) is 0 Å². The molecule has 0 saturated carbocycles. The number of aromatic hydroxyl groups is 1. The van der Waals surface area contributed by atoms with Crippen molar-refractivity contribution in [1.82, 2.24) is 10.6 Å². The lowest BCUT2D eigenvalue weighted by molar-refractivity contribution is -0.117. The summed E-state index contributed by atoms with van der Waals surface area (Å²) in [7, 11) is 0. The van der Waals surface area contributed by atoms with E-state index in [9.17, 15) is 14.3 Å². The predicted octanol–water partition coefficient (Wildman–Crippen LogP) is 2.43. The van der Waals surface area contributed by atoms with E-state index in [0.29, 0.717) is 25.9 Å². The van der Waals surface area contributed by atoms with Gasteiger partial charge in [0.25, 0.3) is 5.91 Å². The number of carbonyl (C=O) groups is 1.